The van der Waals surface area contributed by atoms with Crippen LogP contribution in [-0.2, 0) is 23.8 Å². The topological polar surface area (TPSA) is 175 Å². The normalized spacial score (nSPS) is 20.9. The third-order valence-electron chi connectivity index (χ3n) is 11.7. The molecule has 370 valence electrons. The second-order valence-corrected chi connectivity index (χ2v) is 17.5. The summed E-state index contributed by atoms with van der Waals surface area (Å²) in [6, 6.07) is -1.04. The highest BCUT2D eigenvalue weighted by Crippen LogP contribution is 2.26. The second kappa shape index (κ2) is 41.8. The fraction of sp³-hybridized carbons (Fsp3) is 0.774. The summed E-state index contributed by atoms with van der Waals surface area (Å²) in [6.45, 7) is 5.56. The van der Waals surface area contributed by atoms with Crippen LogP contribution in [0.5, 0.6) is 0 Å². The number of carbonyl (C=O) groups excluding carboxylic acids is 2. The van der Waals surface area contributed by atoms with E-state index in [1.54, 1.807) is 6.08 Å². The third kappa shape index (κ3) is 30.5. The average Bonchev–Trinajstić information content (AvgIpc) is 3.29. The summed E-state index contributed by atoms with van der Waals surface area (Å²) in [4.78, 5) is 26.3. The molecule has 64 heavy (non-hydrogen) atoms. The number of amides is 1. The maximum atomic E-state index is 13.3. The Kier molecular flexibility index (Phi) is 38.7. The molecule has 1 aliphatic rings. The number of esters is 1. The predicted octanol–water partition coefficient (Wildman–Crippen LogP) is 10.3. The molecular formula is C53H93NO10. The first-order valence-corrected chi connectivity index (χ1v) is 25.6. The van der Waals surface area contributed by atoms with Gasteiger partial charge in [0.25, 0.3) is 0 Å². The number of nitrogens with one attached hydrogen (secondary N) is 1. The van der Waals surface area contributed by atoms with Gasteiger partial charge in [0.15, 0.2) is 12.4 Å². The van der Waals surface area contributed by atoms with Crippen molar-refractivity contribution < 1.29 is 49.3 Å². The van der Waals surface area contributed by atoms with Crippen LogP contribution < -0.4 is 5.32 Å². The lowest BCUT2D eigenvalue weighted by atomic mass is 9.99. The number of allylic oxidation sites excluding steroid dienone is 9. The standard InChI is InChI=1S/C53H93NO10/c1-4-7-10-13-16-19-22-23-26-28-31-34-37-40-46(57)52(61)54-44(45(56)39-36-33-30-27-24-20-17-14-11-8-5-2)43-62-53-51(50(60)49(59)47(42-55)63-53)64-48(58)41-38-35-32-29-25-21-18-15-12-9-6-3/h7,10,15-16,18-19,23,26,36,39,44-47,49-51,53,55-57,59-60H,4-6,8-9,11-14,17,20-22,24-25,27-35,37-38,40-43H2,1-3H3,(H,54,61)/b10-7+,18-15-,19-16+,26-23+,39-36+. The Hall–Kier alpha value is -2.64. The van der Waals surface area contributed by atoms with Gasteiger partial charge in [-0.2, -0.15) is 0 Å². The summed E-state index contributed by atoms with van der Waals surface area (Å²) in [5, 5.41) is 56.5. The van der Waals surface area contributed by atoms with E-state index in [2.05, 4.69) is 74.7 Å². The number of aliphatic hydroxyl groups is 5. The SMILES string of the molecule is CC/C=C/C/C=C/C/C=C/CCCCCC(O)C(=O)NC(COC1OC(CO)C(O)C(O)C1OC(=O)CCCCCCC/C=C\CCCC)C(O)/C=C/CCCCCCCCCCC. The second-order valence-electron chi connectivity index (χ2n) is 17.5. The molecule has 6 N–H and O–H groups in total. The Morgan fingerprint density at radius 3 is 1.75 bits per heavy atom. The highest BCUT2D eigenvalue weighted by atomic mass is 16.7. The minimum absolute atomic E-state index is 0.108. The summed E-state index contributed by atoms with van der Waals surface area (Å²) in [7, 11) is 0. The quantitative estimate of drug-likeness (QED) is 0.0197. The van der Waals surface area contributed by atoms with Crippen LogP contribution in [0.15, 0.2) is 60.8 Å². The minimum Gasteiger partial charge on any atom is -0.454 e. The maximum absolute atomic E-state index is 13.3. The minimum atomic E-state index is -1.62. The molecule has 1 fully saturated rings. The molecule has 0 radical (unpaired) electrons. The molecule has 0 aromatic heterocycles. The lowest BCUT2D eigenvalue weighted by Crippen LogP contribution is -2.61. The summed E-state index contributed by atoms with van der Waals surface area (Å²) in [5.41, 5.74) is 0. The van der Waals surface area contributed by atoms with Gasteiger partial charge in [0, 0.05) is 6.42 Å². The van der Waals surface area contributed by atoms with Gasteiger partial charge < -0.3 is 45.1 Å². The molecular weight excluding hydrogens is 811 g/mol. The Bertz CT molecular complexity index is 1270. The fourth-order valence-electron chi connectivity index (χ4n) is 7.53. The van der Waals surface area contributed by atoms with Crippen molar-refractivity contribution in [2.24, 2.45) is 0 Å². The number of hydrogen-bond acceptors (Lipinski definition) is 10. The molecule has 0 saturated carbocycles. The van der Waals surface area contributed by atoms with Gasteiger partial charge in [-0.3, -0.25) is 9.59 Å². The largest absolute Gasteiger partial charge is 0.454 e. The van der Waals surface area contributed by atoms with Gasteiger partial charge >= 0.3 is 5.97 Å². The van der Waals surface area contributed by atoms with Crippen LogP contribution in [0, 0.1) is 0 Å². The average molecular weight is 904 g/mol. The van der Waals surface area contributed by atoms with Gasteiger partial charge in [-0.05, 0) is 77.0 Å². The van der Waals surface area contributed by atoms with Crippen molar-refractivity contribution in [1.82, 2.24) is 5.32 Å². The number of aliphatic hydroxyl groups excluding tert-OH is 5. The Morgan fingerprint density at radius 1 is 0.625 bits per heavy atom. The van der Waals surface area contributed by atoms with Crippen LogP contribution in [0.2, 0.25) is 0 Å². The van der Waals surface area contributed by atoms with Crippen molar-refractivity contribution in [1.29, 1.82) is 0 Å². The van der Waals surface area contributed by atoms with Crippen molar-refractivity contribution in [2.45, 2.75) is 250 Å². The van der Waals surface area contributed by atoms with Crippen molar-refractivity contribution >= 4 is 11.9 Å². The van der Waals surface area contributed by atoms with E-state index >= 15 is 0 Å². The number of carbonyl (C=O) groups is 2. The number of unbranched alkanes of at least 4 members (excludes halogenated alkanes) is 19. The molecule has 1 saturated heterocycles. The zero-order chi connectivity index (χ0) is 46.9. The molecule has 1 rings (SSSR count). The van der Waals surface area contributed by atoms with Gasteiger partial charge in [-0.15, -0.1) is 0 Å². The Morgan fingerprint density at radius 2 is 1.14 bits per heavy atom. The van der Waals surface area contributed by atoms with E-state index in [1.165, 1.54) is 57.8 Å². The predicted molar refractivity (Wildman–Crippen MR) is 260 cm³/mol. The van der Waals surface area contributed by atoms with E-state index in [-0.39, 0.29) is 19.4 Å². The van der Waals surface area contributed by atoms with Gasteiger partial charge in [0.2, 0.25) is 5.91 Å². The molecule has 8 unspecified atom stereocenters. The van der Waals surface area contributed by atoms with Crippen molar-refractivity contribution in [3.05, 3.63) is 60.8 Å². The lowest BCUT2D eigenvalue weighted by Gasteiger charge is -2.41. The van der Waals surface area contributed by atoms with E-state index in [0.29, 0.717) is 12.8 Å². The fourth-order valence-corrected chi connectivity index (χ4v) is 7.53. The van der Waals surface area contributed by atoms with Crippen molar-refractivity contribution in [2.75, 3.05) is 13.2 Å². The smallest absolute Gasteiger partial charge is 0.306 e. The summed E-state index contributed by atoms with van der Waals surface area (Å²) in [6.07, 6.45) is 38.5. The first kappa shape index (κ1) is 59.4. The molecule has 0 aromatic carbocycles. The number of hydrogen-bond donors (Lipinski definition) is 6. The molecule has 8 atom stereocenters. The summed E-state index contributed by atoms with van der Waals surface area (Å²) >= 11 is 0. The molecule has 0 spiro atoms. The molecule has 11 nitrogen and oxygen atoms in total. The van der Waals surface area contributed by atoms with E-state index in [1.807, 2.05) is 6.08 Å². The molecule has 0 aromatic rings. The van der Waals surface area contributed by atoms with Crippen LogP contribution in [0.4, 0.5) is 0 Å². The van der Waals surface area contributed by atoms with Gasteiger partial charge in [-0.1, -0.05) is 178 Å². The van der Waals surface area contributed by atoms with Crippen LogP contribution in [0.3, 0.4) is 0 Å². The molecule has 1 heterocycles. The maximum Gasteiger partial charge on any atom is 0.306 e. The van der Waals surface area contributed by atoms with Gasteiger partial charge in [0.1, 0.15) is 24.4 Å². The van der Waals surface area contributed by atoms with E-state index in [4.69, 9.17) is 14.2 Å². The van der Waals surface area contributed by atoms with Gasteiger partial charge in [-0.25, -0.2) is 0 Å². The first-order valence-electron chi connectivity index (χ1n) is 25.6. The van der Waals surface area contributed by atoms with Crippen LogP contribution >= 0.6 is 0 Å². The monoisotopic (exact) mass is 904 g/mol. The number of rotatable bonds is 41. The summed E-state index contributed by atoms with van der Waals surface area (Å²) < 4.78 is 17.4. The highest BCUT2D eigenvalue weighted by molar-refractivity contribution is 5.80. The third-order valence-corrected chi connectivity index (χ3v) is 11.7. The molecule has 0 aliphatic carbocycles. The van der Waals surface area contributed by atoms with Crippen molar-refractivity contribution in [3.8, 4) is 0 Å². The molecule has 1 aliphatic heterocycles. The molecule has 0 bridgehead atoms. The first-order chi connectivity index (χ1) is 31.2. The van der Waals surface area contributed by atoms with Crippen LogP contribution in [0.1, 0.15) is 201 Å². The van der Waals surface area contributed by atoms with Crippen LogP contribution in [-0.4, -0.2) is 99.6 Å². The Labute approximate surface area is 388 Å². The van der Waals surface area contributed by atoms with E-state index in [9.17, 15) is 35.1 Å². The van der Waals surface area contributed by atoms with Crippen molar-refractivity contribution in [3.63, 3.8) is 0 Å². The van der Waals surface area contributed by atoms with Crippen LogP contribution in [0.25, 0.3) is 0 Å². The van der Waals surface area contributed by atoms with E-state index in [0.717, 1.165) is 96.3 Å². The molecule has 11 heteroatoms. The number of ether oxygens (including phenoxy) is 3. The molecule has 1 amide bonds. The Balaban J connectivity index is 2.82. The lowest BCUT2D eigenvalue weighted by molar-refractivity contribution is -0.305. The van der Waals surface area contributed by atoms with Gasteiger partial charge in [0.05, 0.1) is 25.4 Å². The van der Waals surface area contributed by atoms with E-state index < -0.39 is 67.4 Å². The highest BCUT2D eigenvalue weighted by Gasteiger charge is 2.47. The zero-order valence-electron chi connectivity index (χ0n) is 40.4. The zero-order valence-corrected chi connectivity index (χ0v) is 40.4. The summed E-state index contributed by atoms with van der Waals surface area (Å²) in [5.74, 6) is -1.23.